The molecule has 2 aliphatic carbocycles. The monoisotopic (exact) mass is 283 g/mol. The fourth-order valence-corrected chi connectivity index (χ4v) is 3.45. The van der Waals surface area contributed by atoms with Gasteiger partial charge < -0.3 is 5.32 Å². The number of hydrogen-bond acceptors (Lipinski definition) is 4. The van der Waals surface area contributed by atoms with E-state index in [1.165, 1.54) is 19.1 Å². The van der Waals surface area contributed by atoms with Gasteiger partial charge in [0.15, 0.2) is 0 Å². The normalized spacial score (nSPS) is 21.3. The van der Waals surface area contributed by atoms with Crippen LogP contribution in [0.1, 0.15) is 25.7 Å². The van der Waals surface area contributed by atoms with Crippen LogP contribution < -0.4 is 5.32 Å². The standard InChI is InChI=1S/C13H21N3O2S/c1-19(17,18)9-13(11-4-5-11)15-12-6-14-16(8-12)7-10-2-3-10/h6,8,10-11,13,15H,2-5,7,9H2,1H3. The predicted octanol–water partition coefficient (Wildman–Crippen LogP) is 1.53. The Labute approximate surface area is 114 Å². The third-order valence-corrected chi connectivity index (χ3v) is 4.77. The highest BCUT2D eigenvalue weighted by atomic mass is 32.2. The molecule has 0 spiro atoms. The molecule has 0 bridgehead atoms. The van der Waals surface area contributed by atoms with Crippen LogP contribution in [0, 0.1) is 11.8 Å². The number of anilines is 1. The Morgan fingerprint density at radius 2 is 2.16 bits per heavy atom. The molecule has 0 saturated heterocycles. The number of nitrogens with one attached hydrogen (secondary N) is 1. The molecule has 0 aliphatic heterocycles. The van der Waals surface area contributed by atoms with Crippen LogP contribution in [0.15, 0.2) is 12.4 Å². The first-order valence-corrected chi connectivity index (χ1v) is 9.02. The quantitative estimate of drug-likeness (QED) is 0.824. The first kappa shape index (κ1) is 13.0. The fourth-order valence-electron chi connectivity index (χ4n) is 2.44. The molecule has 2 aliphatic rings. The van der Waals surface area contributed by atoms with Gasteiger partial charge in [-0.25, -0.2) is 8.42 Å². The van der Waals surface area contributed by atoms with Crippen LogP contribution in [-0.4, -0.2) is 36.2 Å². The van der Waals surface area contributed by atoms with Crippen molar-refractivity contribution in [3.8, 4) is 0 Å². The Balaban J connectivity index is 1.62. The third-order valence-electron chi connectivity index (χ3n) is 3.80. The van der Waals surface area contributed by atoms with Gasteiger partial charge in [0.25, 0.3) is 0 Å². The van der Waals surface area contributed by atoms with Gasteiger partial charge in [-0.05, 0) is 37.5 Å². The smallest absolute Gasteiger partial charge is 0.149 e. The van der Waals surface area contributed by atoms with Gasteiger partial charge >= 0.3 is 0 Å². The highest BCUT2D eigenvalue weighted by molar-refractivity contribution is 7.90. The van der Waals surface area contributed by atoms with E-state index < -0.39 is 9.84 Å². The predicted molar refractivity (Wildman–Crippen MR) is 74.8 cm³/mol. The van der Waals surface area contributed by atoms with Crippen molar-refractivity contribution in [3.05, 3.63) is 12.4 Å². The van der Waals surface area contributed by atoms with Gasteiger partial charge in [0.05, 0.1) is 17.6 Å². The summed E-state index contributed by atoms with van der Waals surface area (Å²) in [5.41, 5.74) is 0.946. The zero-order valence-electron chi connectivity index (χ0n) is 11.2. The molecule has 106 valence electrons. The lowest BCUT2D eigenvalue weighted by Crippen LogP contribution is -2.30. The summed E-state index contributed by atoms with van der Waals surface area (Å²) < 4.78 is 24.9. The minimum Gasteiger partial charge on any atom is -0.378 e. The average Bonchev–Trinajstić information content (AvgIpc) is 3.17. The summed E-state index contributed by atoms with van der Waals surface area (Å²) in [7, 11) is -2.94. The number of hydrogen-bond donors (Lipinski definition) is 1. The second kappa shape index (κ2) is 4.81. The van der Waals surface area contributed by atoms with Crippen molar-refractivity contribution in [3.63, 3.8) is 0 Å². The van der Waals surface area contributed by atoms with Crippen molar-refractivity contribution in [1.29, 1.82) is 0 Å². The van der Waals surface area contributed by atoms with E-state index >= 15 is 0 Å². The van der Waals surface area contributed by atoms with Gasteiger partial charge in [0.2, 0.25) is 0 Å². The maximum atomic E-state index is 11.5. The topological polar surface area (TPSA) is 64.0 Å². The highest BCUT2D eigenvalue weighted by Gasteiger charge is 2.33. The van der Waals surface area contributed by atoms with Crippen molar-refractivity contribution in [2.24, 2.45) is 11.8 Å². The molecule has 1 N–H and O–H groups in total. The van der Waals surface area contributed by atoms with Gasteiger partial charge in [-0.1, -0.05) is 0 Å². The van der Waals surface area contributed by atoms with E-state index in [1.54, 1.807) is 6.20 Å². The Morgan fingerprint density at radius 1 is 1.42 bits per heavy atom. The molecule has 5 nitrogen and oxygen atoms in total. The molecule has 2 fully saturated rings. The molecule has 0 amide bonds. The van der Waals surface area contributed by atoms with Crippen LogP contribution in [0.5, 0.6) is 0 Å². The zero-order valence-corrected chi connectivity index (χ0v) is 12.1. The van der Waals surface area contributed by atoms with Crippen molar-refractivity contribution >= 4 is 15.5 Å². The largest absolute Gasteiger partial charge is 0.378 e. The summed E-state index contributed by atoms with van der Waals surface area (Å²) >= 11 is 0. The van der Waals surface area contributed by atoms with Crippen LogP contribution in [0.25, 0.3) is 0 Å². The van der Waals surface area contributed by atoms with Crippen LogP contribution >= 0.6 is 0 Å². The van der Waals surface area contributed by atoms with E-state index in [-0.39, 0.29) is 11.8 Å². The summed E-state index contributed by atoms with van der Waals surface area (Å²) in [4.78, 5) is 0. The Bertz CT molecular complexity index is 544. The molecule has 1 heterocycles. The molecule has 3 rings (SSSR count). The van der Waals surface area contributed by atoms with Gasteiger partial charge in [-0.3, -0.25) is 4.68 Å². The lowest BCUT2D eigenvalue weighted by Gasteiger charge is -2.17. The molecule has 0 radical (unpaired) electrons. The molecule has 1 aromatic heterocycles. The Morgan fingerprint density at radius 3 is 2.74 bits per heavy atom. The molecule has 1 atom stereocenters. The number of rotatable bonds is 7. The summed E-state index contributed by atoms with van der Waals surface area (Å²) in [6.07, 6.45) is 9.98. The minimum absolute atomic E-state index is 0.0357. The van der Waals surface area contributed by atoms with E-state index in [0.29, 0.717) is 5.92 Å². The summed E-state index contributed by atoms with van der Waals surface area (Å²) in [6, 6.07) is 0.0357. The fraction of sp³-hybridized carbons (Fsp3) is 0.769. The maximum absolute atomic E-state index is 11.5. The molecule has 0 aromatic carbocycles. The summed E-state index contributed by atoms with van der Waals surface area (Å²) in [5.74, 6) is 1.51. The van der Waals surface area contributed by atoms with Gasteiger partial charge in [-0.15, -0.1) is 0 Å². The lowest BCUT2D eigenvalue weighted by atomic mass is 10.2. The van der Waals surface area contributed by atoms with Gasteiger partial charge in [0.1, 0.15) is 9.84 Å². The third kappa shape index (κ3) is 3.96. The summed E-state index contributed by atoms with van der Waals surface area (Å²) in [6.45, 7) is 0.988. The SMILES string of the molecule is CS(=O)(=O)CC(Nc1cnn(CC2CC2)c1)C1CC1. The first-order chi connectivity index (χ1) is 8.99. The molecule has 1 unspecified atom stereocenters. The van der Waals surface area contributed by atoms with E-state index in [9.17, 15) is 8.42 Å². The van der Waals surface area contributed by atoms with E-state index in [0.717, 1.165) is 31.0 Å². The van der Waals surface area contributed by atoms with E-state index in [4.69, 9.17) is 0 Å². The average molecular weight is 283 g/mol. The van der Waals surface area contributed by atoms with Crippen molar-refractivity contribution in [2.45, 2.75) is 38.3 Å². The zero-order chi connectivity index (χ0) is 13.5. The minimum atomic E-state index is -2.94. The van der Waals surface area contributed by atoms with Crippen LogP contribution in [-0.2, 0) is 16.4 Å². The van der Waals surface area contributed by atoms with Gasteiger partial charge in [-0.2, -0.15) is 5.10 Å². The summed E-state index contributed by atoms with van der Waals surface area (Å²) in [5, 5.41) is 7.68. The van der Waals surface area contributed by atoms with Crippen molar-refractivity contribution < 1.29 is 8.42 Å². The molecular formula is C13H21N3O2S. The van der Waals surface area contributed by atoms with Gasteiger partial charge in [0, 0.05) is 25.0 Å². The van der Waals surface area contributed by atoms with Crippen LogP contribution in [0.3, 0.4) is 0 Å². The molecule has 6 heteroatoms. The second-order valence-electron chi connectivity index (χ2n) is 6.08. The molecule has 2 saturated carbocycles. The second-order valence-corrected chi connectivity index (χ2v) is 8.26. The van der Waals surface area contributed by atoms with Crippen LogP contribution in [0.4, 0.5) is 5.69 Å². The highest BCUT2D eigenvalue weighted by Crippen LogP contribution is 2.35. The van der Waals surface area contributed by atoms with E-state index in [1.807, 2.05) is 10.9 Å². The number of aromatic nitrogens is 2. The number of sulfone groups is 1. The van der Waals surface area contributed by atoms with E-state index in [2.05, 4.69) is 10.4 Å². The lowest BCUT2D eigenvalue weighted by molar-refractivity contribution is 0.563. The van der Waals surface area contributed by atoms with Crippen LogP contribution in [0.2, 0.25) is 0 Å². The maximum Gasteiger partial charge on any atom is 0.149 e. The molecular weight excluding hydrogens is 262 g/mol. The Kier molecular flexibility index (Phi) is 3.28. The molecule has 19 heavy (non-hydrogen) atoms. The van der Waals surface area contributed by atoms with Crippen molar-refractivity contribution in [1.82, 2.24) is 9.78 Å². The first-order valence-electron chi connectivity index (χ1n) is 6.96. The van der Waals surface area contributed by atoms with Crippen molar-refractivity contribution in [2.75, 3.05) is 17.3 Å². The number of nitrogens with zero attached hydrogens (tertiary/aromatic N) is 2. The Hall–Kier alpha value is -1.04. The molecule has 1 aromatic rings.